The Hall–Kier alpha value is -2.12. The Kier molecular flexibility index (Phi) is 6.01. The lowest BCUT2D eigenvalue weighted by atomic mass is 9.97. The maximum atomic E-state index is 5.50. The van der Waals surface area contributed by atoms with Crippen LogP contribution in [0.15, 0.2) is 22.7 Å². The smallest absolute Gasteiger partial charge is 0.232 e. The molecule has 2 heterocycles. The van der Waals surface area contributed by atoms with Gasteiger partial charge in [-0.15, -0.1) is 0 Å². The Labute approximate surface area is 161 Å². The van der Waals surface area contributed by atoms with Gasteiger partial charge in [-0.2, -0.15) is 4.98 Å². The van der Waals surface area contributed by atoms with E-state index in [1.807, 2.05) is 12.1 Å². The minimum Gasteiger partial charge on any atom is -0.497 e. The molecular weight excluding hydrogens is 344 g/mol. The molecule has 1 aromatic carbocycles. The molecule has 7 nitrogen and oxygen atoms in total. The first kappa shape index (κ1) is 19.6. The van der Waals surface area contributed by atoms with E-state index in [0.717, 1.165) is 62.2 Å². The second kappa shape index (κ2) is 8.27. The Morgan fingerprint density at radius 1 is 1.00 bits per heavy atom. The number of rotatable bonds is 6. The van der Waals surface area contributed by atoms with Crippen molar-refractivity contribution < 1.29 is 14.0 Å². The summed E-state index contributed by atoms with van der Waals surface area (Å²) in [6.45, 7) is 11.8. The van der Waals surface area contributed by atoms with E-state index in [4.69, 9.17) is 14.0 Å². The lowest BCUT2D eigenvalue weighted by Gasteiger charge is -2.34. The molecule has 27 heavy (non-hydrogen) atoms. The molecule has 2 aromatic rings. The summed E-state index contributed by atoms with van der Waals surface area (Å²) in [5.41, 5.74) is 1.04. The first-order valence-electron chi connectivity index (χ1n) is 9.37. The standard InChI is InChI=1S/C20H30N4O3/c1-20(2,3)19-21-18(22-27-19)14-24-10-8-23(9-11-24)13-15-12-16(25-4)6-7-17(15)26-5/h6-7,12H,8-11,13-14H2,1-5H3. The molecule has 0 spiro atoms. The van der Waals surface area contributed by atoms with E-state index >= 15 is 0 Å². The first-order chi connectivity index (χ1) is 12.9. The fourth-order valence-electron chi connectivity index (χ4n) is 3.17. The number of hydrogen-bond donors (Lipinski definition) is 0. The van der Waals surface area contributed by atoms with E-state index in [2.05, 4.69) is 46.8 Å². The second-order valence-electron chi connectivity index (χ2n) is 8.00. The van der Waals surface area contributed by atoms with Crippen LogP contribution < -0.4 is 9.47 Å². The summed E-state index contributed by atoms with van der Waals surface area (Å²) < 4.78 is 16.2. The number of aromatic nitrogens is 2. The van der Waals surface area contributed by atoms with Gasteiger partial charge in [0.2, 0.25) is 5.89 Å². The van der Waals surface area contributed by atoms with Gasteiger partial charge in [0.1, 0.15) is 11.5 Å². The zero-order valence-electron chi connectivity index (χ0n) is 17.0. The maximum Gasteiger partial charge on any atom is 0.232 e. The Morgan fingerprint density at radius 2 is 1.67 bits per heavy atom. The average Bonchev–Trinajstić information content (AvgIpc) is 3.12. The third-order valence-electron chi connectivity index (χ3n) is 4.82. The van der Waals surface area contributed by atoms with Crippen molar-refractivity contribution in [2.75, 3.05) is 40.4 Å². The number of nitrogens with zero attached hydrogens (tertiary/aromatic N) is 4. The van der Waals surface area contributed by atoms with Gasteiger partial charge >= 0.3 is 0 Å². The van der Waals surface area contributed by atoms with E-state index in [-0.39, 0.29) is 5.41 Å². The maximum absolute atomic E-state index is 5.50. The molecule has 3 rings (SSSR count). The predicted octanol–water partition coefficient (Wildman–Crippen LogP) is 2.70. The van der Waals surface area contributed by atoms with E-state index in [0.29, 0.717) is 5.89 Å². The topological polar surface area (TPSA) is 63.9 Å². The highest BCUT2D eigenvalue weighted by Gasteiger charge is 2.24. The van der Waals surface area contributed by atoms with Crippen molar-refractivity contribution in [2.24, 2.45) is 0 Å². The molecule has 1 saturated heterocycles. The largest absolute Gasteiger partial charge is 0.497 e. The van der Waals surface area contributed by atoms with Gasteiger partial charge < -0.3 is 14.0 Å². The van der Waals surface area contributed by atoms with Crippen LogP contribution in [-0.2, 0) is 18.5 Å². The number of methoxy groups -OCH3 is 2. The van der Waals surface area contributed by atoms with Crippen molar-refractivity contribution in [3.8, 4) is 11.5 Å². The van der Waals surface area contributed by atoms with Crippen molar-refractivity contribution in [1.29, 1.82) is 0 Å². The zero-order chi connectivity index (χ0) is 19.4. The zero-order valence-corrected chi connectivity index (χ0v) is 17.0. The van der Waals surface area contributed by atoms with Gasteiger partial charge in [0, 0.05) is 43.7 Å². The minimum atomic E-state index is -0.111. The molecule has 0 aliphatic carbocycles. The van der Waals surface area contributed by atoms with Gasteiger partial charge in [0.25, 0.3) is 0 Å². The molecule has 0 amide bonds. The third kappa shape index (κ3) is 4.99. The summed E-state index contributed by atoms with van der Waals surface area (Å²) in [5, 5.41) is 4.13. The van der Waals surface area contributed by atoms with E-state index < -0.39 is 0 Å². The summed E-state index contributed by atoms with van der Waals surface area (Å²) in [6, 6.07) is 5.95. The molecule has 0 N–H and O–H groups in total. The molecule has 1 aliphatic rings. The molecule has 1 fully saturated rings. The summed E-state index contributed by atoms with van der Waals surface area (Å²) in [6.07, 6.45) is 0. The van der Waals surface area contributed by atoms with Crippen molar-refractivity contribution in [2.45, 2.75) is 39.3 Å². The van der Waals surface area contributed by atoms with Gasteiger partial charge in [-0.25, -0.2) is 0 Å². The molecule has 0 unspecified atom stereocenters. The molecule has 0 saturated carbocycles. The van der Waals surface area contributed by atoms with Gasteiger partial charge in [-0.3, -0.25) is 9.80 Å². The fraction of sp³-hybridized carbons (Fsp3) is 0.600. The van der Waals surface area contributed by atoms with Crippen LogP contribution >= 0.6 is 0 Å². The molecule has 0 radical (unpaired) electrons. The van der Waals surface area contributed by atoms with Crippen LogP contribution in [0, 0.1) is 0 Å². The van der Waals surface area contributed by atoms with Crippen LogP contribution in [0.5, 0.6) is 11.5 Å². The van der Waals surface area contributed by atoms with Crippen LogP contribution in [0.25, 0.3) is 0 Å². The number of hydrogen-bond acceptors (Lipinski definition) is 7. The monoisotopic (exact) mass is 374 g/mol. The van der Waals surface area contributed by atoms with Crippen LogP contribution in [0.4, 0.5) is 0 Å². The lowest BCUT2D eigenvalue weighted by Crippen LogP contribution is -2.45. The van der Waals surface area contributed by atoms with Crippen LogP contribution in [0.2, 0.25) is 0 Å². The Bertz CT molecular complexity index is 746. The van der Waals surface area contributed by atoms with Crippen molar-refractivity contribution >= 4 is 0 Å². The van der Waals surface area contributed by atoms with Crippen molar-refractivity contribution in [3.63, 3.8) is 0 Å². The summed E-state index contributed by atoms with van der Waals surface area (Å²) in [4.78, 5) is 9.35. The van der Waals surface area contributed by atoms with E-state index in [1.165, 1.54) is 0 Å². The molecule has 0 atom stereocenters. The second-order valence-corrected chi connectivity index (χ2v) is 8.00. The molecule has 148 valence electrons. The Balaban J connectivity index is 1.54. The third-order valence-corrected chi connectivity index (χ3v) is 4.82. The van der Waals surface area contributed by atoms with Crippen LogP contribution in [0.3, 0.4) is 0 Å². The van der Waals surface area contributed by atoms with Gasteiger partial charge in [-0.1, -0.05) is 25.9 Å². The number of piperazine rings is 1. The summed E-state index contributed by atoms with van der Waals surface area (Å²) >= 11 is 0. The fourth-order valence-corrected chi connectivity index (χ4v) is 3.17. The molecule has 1 aliphatic heterocycles. The minimum absolute atomic E-state index is 0.111. The molecular formula is C20H30N4O3. The quantitative estimate of drug-likeness (QED) is 0.770. The number of ether oxygens (including phenoxy) is 2. The first-order valence-corrected chi connectivity index (χ1v) is 9.37. The van der Waals surface area contributed by atoms with Crippen molar-refractivity contribution in [3.05, 3.63) is 35.5 Å². The van der Waals surface area contributed by atoms with Crippen LogP contribution in [-0.4, -0.2) is 60.3 Å². The van der Waals surface area contributed by atoms with Gasteiger partial charge in [-0.05, 0) is 18.2 Å². The van der Waals surface area contributed by atoms with Crippen molar-refractivity contribution in [1.82, 2.24) is 19.9 Å². The highest BCUT2D eigenvalue weighted by molar-refractivity contribution is 5.40. The molecule has 0 bridgehead atoms. The normalized spacial score (nSPS) is 16.5. The summed E-state index contributed by atoms with van der Waals surface area (Å²) in [7, 11) is 3.40. The van der Waals surface area contributed by atoms with E-state index in [9.17, 15) is 0 Å². The van der Waals surface area contributed by atoms with Gasteiger partial charge in [0.05, 0.1) is 20.8 Å². The van der Waals surface area contributed by atoms with Gasteiger partial charge in [0.15, 0.2) is 5.82 Å². The molecule has 1 aromatic heterocycles. The Morgan fingerprint density at radius 3 is 2.22 bits per heavy atom. The average molecular weight is 374 g/mol. The lowest BCUT2D eigenvalue weighted by molar-refractivity contribution is 0.118. The SMILES string of the molecule is COc1ccc(OC)c(CN2CCN(Cc3noc(C(C)(C)C)n3)CC2)c1. The summed E-state index contributed by atoms with van der Waals surface area (Å²) in [5.74, 6) is 3.22. The number of benzene rings is 1. The predicted molar refractivity (Wildman–Crippen MR) is 103 cm³/mol. The molecule has 7 heteroatoms. The van der Waals surface area contributed by atoms with E-state index in [1.54, 1.807) is 14.2 Å². The van der Waals surface area contributed by atoms with Crippen LogP contribution in [0.1, 0.15) is 38.0 Å². The highest BCUT2D eigenvalue weighted by Crippen LogP contribution is 2.26. The highest BCUT2D eigenvalue weighted by atomic mass is 16.5.